The standard InChI is InChI=1S/C11H10FIN2O3/c1-18-5-4-15-9-7(14-11(15)12)3-2-6(8(9)13)10(16)17/h2-3H,4-5H2,1H3,(H,16,17). The zero-order valence-electron chi connectivity index (χ0n) is 9.48. The molecule has 0 unspecified atom stereocenters. The van der Waals surface area contributed by atoms with E-state index in [1.807, 2.05) is 22.6 Å². The Hall–Kier alpha value is -1.22. The van der Waals surface area contributed by atoms with E-state index in [9.17, 15) is 9.18 Å². The number of halogens is 2. The SMILES string of the molecule is COCCn1c(F)nc2ccc(C(=O)O)c(I)c21. The Bertz CT molecular complexity index is 612. The van der Waals surface area contributed by atoms with Crippen molar-refractivity contribution in [3.8, 4) is 0 Å². The molecule has 0 saturated heterocycles. The quantitative estimate of drug-likeness (QED) is 0.845. The predicted molar refractivity (Wildman–Crippen MR) is 71.2 cm³/mol. The maximum atomic E-state index is 13.7. The molecule has 0 fully saturated rings. The highest BCUT2D eigenvalue weighted by molar-refractivity contribution is 14.1. The van der Waals surface area contributed by atoms with Crippen molar-refractivity contribution in [1.29, 1.82) is 0 Å². The van der Waals surface area contributed by atoms with Gasteiger partial charge in [0.1, 0.15) is 0 Å². The third kappa shape index (κ3) is 2.19. The molecule has 18 heavy (non-hydrogen) atoms. The molecule has 1 aromatic carbocycles. The summed E-state index contributed by atoms with van der Waals surface area (Å²) in [4.78, 5) is 14.8. The Morgan fingerprint density at radius 3 is 2.94 bits per heavy atom. The van der Waals surface area contributed by atoms with Gasteiger partial charge in [-0.15, -0.1) is 0 Å². The second-order valence-electron chi connectivity index (χ2n) is 3.63. The molecule has 0 amide bonds. The van der Waals surface area contributed by atoms with Gasteiger partial charge in [0, 0.05) is 7.11 Å². The van der Waals surface area contributed by atoms with Crippen LogP contribution in [0.5, 0.6) is 0 Å². The summed E-state index contributed by atoms with van der Waals surface area (Å²) < 4.78 is 20.4. The summed E-state index contributed by atoms with van der Waals surface area (Å²) in [6.07, 6.45) is -0.637. The van der Waals surface area contributed by atoms with Gasteiger partial charge in [-0.25, -0.2) is 9.78 Å². The number of nitrogens with zero attached hydrogens (tertiary/aromatic N) is 2. The number of methoxy groups -OCH3 is 1. The summed E-state index contributed by atoms with van der Waals surface area (Å²) >= 11 is 1.90. The van der Waals surface area contributed by atoms with Gasteiger partial charge in [0.25, 0.3) is 6.08 Å². The van der Waals surface area contributed by atoms with Crippen LogP contribution in [0, 0.1) is 9.65 Å². The number of ether oxygens (including phenoxy) is 1. The molecule has 1 heterocycles. The average molecular weight is 364 g/mol. The summed E-state index contributed by atoms with van der Waals surface area (Å²) in [5.74, 6) is -1.04. The van der Waals surface area contributed by atoms with E-state index in [1.54, 1.807) is 0 Å². The highest BCUT2D eigenvalue weighted by Crippen LogP contribution is 2.25. The fourth-order valence-corrected chi connectivity index (χ4v) is 2.68. The molecule has 0 aliphatic carbocycles. The van der Waals surface area contributed by atoms with E-state index in [1.165, 1.54) is 23.8 Å². The molecular weight excluding hydrogens is 354 g/mol. The summed E-state index contributed by atoms with van der Waals surface area (Å²) in [5, 5.41) is 9.05. The normalized spacial score (nSPS) is 11.1. The lowest BCUT2D eigenvalue weighted by Gasteiger charge is -2.06. The number of carboxylic acid groups (broad SMARTS) is 1. The lowest BCUT2D eigenvalue weighted by Crippen LogP contribution is -2.08. The highest BCUT2D eigenvalue weighted by Gasteiger charge is 2.18. The Kier molecular flexibility index (Phi) is 3.81. The Morgan fingerprint density at radius 1 is 1.61 bits per heavy atom. The number of hydrogen-bond donors (Lipinski definition) is 1. The number of imidazole rings is 1. The third-order valence-corrected chi connectivity index (χ3v) is 3.64. The van der Waals surface area contributed by atoms with Crippen LogP contribution in [-0.4, -0.2) is 34.3 Å². The van der Waals surface area contributed by atoms with E-state index in [-0.39, 0.29) is 12.1 Å². The number of benzene rings is 1. The summed E-state index contributed by atoms with van der Waals surface area (Å²) in [6, 6.07) is 2.94. The third-order valence-electron chi connectivity index (χ3n) is 2.55. The molecule has 0 spiro atoms. The first kappa shape index (κ1) is 13.2. The first-order valence-corrected chi connectivity index (χ1v) is 6.20. The van der Waals surface area contributed by atoms with Gasteiger partial charge >= 0.3 is 5.97 Å². The van der Waals surface area contributed by atoms with Crippen molar-refractivity contribution in [2.45, 2.75) is 6.54 Å². The maximum Gasteiger partial charge on any atom is 0.336 e. The first-order chi connectivity index (χ1) is 8.56. The molecule has 2 aromatic rings. The van der Waals surface area contributed by atoms with Gasteiger partial charge in [0.05, 0.1) is 33.3 Å². The van der Waals surface area contributed by atoms with Gasteiger partial charge in [-0.05, 0) is 34.7 Å². The van der Waals surface area contributed by atoms with Crippen LogP contribution in [0.2, 0.25) is 0 Å². The second kappa shape index (κ2) is 5.19. The molecule has 7 heteroatoms. The Morgan fingerprint density at radius 2 is 2.33 bits per heavy atom. The molecule has 5 nitrogen and oxygen atoms in total. The Labute approximate surface area is 116 Å². The van der Waals surface area contributed by atoms with Crippen LogP contribution in [0.15, 0.2) is 12.1 Å². The number of carboxylic acids is 1. The van der Waals surface area contributed by atoms with Crippen LogP contribution >= 0.6 is 22.6 Å². The molecule has 2 rings (SSSR count). The topological polar surface area (TPSA) is 64.4 Å². The van der Waals surface area contributed by atoms with Crippen LogP contribution in [0.1, 0.15) is 10.4 Å². The van der Waals surface area contributed by atoms with Gasteiger partial charge < -0.3 is 9.84 Å². The van der Waals surface area contributed by atoms with E-state index < -0.39 is 12.0 Å². The minimum absolute atomic E-state index is 0.140. The van der Waals surface area contributed by atoms with Crippen LogP contribution in [-0.2, 0) is 11.3 Å². The largest absolute Gasteiger partial charge is 0.478 e. The molecule has 96 valence electrons. The van der Waals surface area contributed by atoms with Crippen molar-refractivity contribution >= 4 is 39.6 Å². The number of carbonyl (C=O) groups is 1. The number of aromatic nitrogens is 2. The fraction of sp³-hybridized carbons (Fsp3) is 0.273. The maximum absolute atomic E-state index is 13.7. The van der Waals surface area contributed by atoms with Crippen molar-refractivity contribution in [1.82, 2.24) is 9.55 Å². The van der Waals surface area contributed by atoms with Gasteiger partial charge in [-0.3, -0.25) is 4.57 Å². The van der Waals surface area contributed by atoms with Crippen molar-refractivity contribution in [3.05, 3.63) is 27.3 Å². The number of rotatable bonds is 4. The van der Waals surface area contributed by atoms with Crippen LogP contribution in [0.4, 0.5) is 4.39 Å². The lowest BCUT2D eigenvalue weighted by molar-refractivity contribution is 0.0696. The smallest absolute Gasteiger partial charge is 0.336 e. The summed E-state index contributed by atoms with van der Waals surface area (Å²) in [5.41, 5.74) is 1.07. The lowest BCUT2D eigenvalue weighted by atomic mass is 10.2. The Balaban J connectivity index is 2.65. The van der Waals surface area contributed by atoms with E-state index >= 15 is 0 Å². The van der Waals surface area contributed by atoms with Gasteiger partial charge in [-0.2, -0.15) is 4.39 Å². The van der Waals surface area contributed by atoms with E-state index in [0.29, 0.717) is 21.2 Å². The van der Waals surface area contributed by atoms with Crippen molar-refractivity contribution in [2.24, 2.45) is 0 Å². The molecular formula is C11H10FIN2O3. The van der Waals surface area contributed by atoms with Gasteiger partial charge in [-0.1, -0.05) is 0 Å². The van der Waals surface area contributed by atoms with Crippen molar-refractivity contribution in [2.75, 3.05) is 13.7 Å². The molecule has 0 bridgehead atoms. The van der Waals surface area contributed by atoms with Gasteiger partial charge in [0.15, 0.2) is 0 Å². The van der Waals surface area contributed by atoms with Crippen molar-refractivity contribution < 1.29 is 19.0 Å². The molecule has 0 aliphatic rings. The van der Waals surface area contributed by atoms with Gasteiger partial charge in [0.2, 0.25) is 0 Å². The molecule has 1 aromatic heterocycles. The molecule has 0 atom stereocenters. The monoisotopic (exact) mass is 364 g/mol. The molecule has 0 saturated carbocycles. The van der Waals surface area contributed by atoms with Crippen LogP contribution in [0.3, 0.4) is 0 Å². The molecule has 0 aliphatic heterocycles. The fourth-order valence-electron chi connectivity index (χ4n) is 1.71. The number of hydrogen-bond acceptors (Lipinski definition) is 3. The summed E-state index contributed by atoms with van der Waals surface area (Å²) in [6.45, 7) is 0.619. The van der Waals surface area contributed by atoms with Crippen molar-refractivity contribution in [3.63, 3.8) is 0 Å². The second-order valence-corrected chi connectivity index (χ2v) is 4.70. The minimum atomic E-state index is -1.04. The number of aromatic carboxylic acids is 1. The van der Waals surface area contributed by atoms with E-state index in [2.05, 4.69) is 4.98 Å². The molecule has 0 radical (unpaired) electrons. The molecule has 1 N–H and O–H groups in total. The average Bonchev–Trinajstić information content (AvgIpc) is 2.63. The first-order valence-electron chi connectivity index (χ1n) is 5.12. The zero-order valence-corrected chi connectivity index (χ0v) is 11.6. The summed E-state index contributed by atoms with van der Waals surface area (Å²) in [7, 11) is 1.52. The van der Waals surface area contributed by atoms with Crippen LogP contribution in [0.25, 0.3) is 11.0 Å². The van der Waals surface area contributed by atoms with Crippen LogP contribution < -0.4 is 0 Å². The van der Waals surface area contributed by atoms with E-state index in [0.717, 1.165) is 0 Å². The predicted octanol–water partition coefficient (Wildman–Crippen LogP) is 2.12. The highest BCUT2D eigenvalue weighted by atomic mass is 127. The zero-order chi connectivity index (χ0) is 13.3. The van der Waals surface area contributed by atoms with E-state index in [4.69, 9.17) is 9.84 Å². The minimum Gasteiger partial charge on any atom is -0.478 e. The number of fused-ring (bicyclic) bond motifs is 1.